The molecule has 0 saturated heterocycles. The van der Waals surface area contributed by atoms with E-state index in [2.05, 4.69) is 17.6 Å². The van der Waals surface area contributed by atoms with Crippen LogP contribution in [0.2, 0.25) is 0 Å². The van der Waals surface area contributed by atoms with Gasteiger partial charge in [-0.05, 0) is 75.3 Å². The van der Waals surface area contributed by atoms with Gasteiger partial charge in [-0.25, -0.2) is 4.79 Å². The number of carboxylic acids is 1. The maximum atomic E-state index is 11.4. The summed E-state index contributed by atoms with van der Waals surface area (Å²) in [4.78, 5) is 11.4. The summed E-state index contributed by atoms with van der Waals surface area (Å²) in [5.41, 5.74) is 2.08. The molecule has 0 amide bonds. The average Bonchev–Trinajstić information content (AvgIpc) is 2.81. The SMILES string of the molecule is CCn1c(C(=O)O)ccc1C12CC3CC(CC(C3)C1)C2. The highest BCUT2D eigenvalue weighted by Crippen LogP contribution is 2.60. The molecule has 0 unspecified atom stereocenters. The van der Waals surface area contributed by atoms with Crippen LogP contribution in [0.5, 0.6) is 0 Å². The van der Waals surface area contributed by atoms with Crippen LogP contribution >= 0.6 is 0 Å². The van der Waals surface area contributed by atoms with Crippen LogP contribution in [-0.4, -0.2) is 15.6 Å². The second kappa shape index (κ2) is 4.12. The van der Waals surface area contributed by atoms with Crippen LogP contribution in [0, 0.1) is 17.8 Å². The van der Waals surface area contributed by atoms with E-state index in [-0.39, 0.29) is 0 Å². The van der Waals surface area contributed by atoms with Crippen LogP contribution < -0.4 is 0 Å². The largest absolute Gasteiger partial charge is 0.477 e. The van der Waals surface area contributed by atoms with Crippen molar-refractivity contribution in [2.45, 2.75) is 57.4 Å². The van der Waals surface area contributed by atoms with E-state index < -0.39 is 5.97 Å². The van der Waals surface area contributed by atoms with Crippen molar-refractivity contribution in [2.24, 2.45) is 17.8 Å². The predicted octanol–water partition coefficient (Wildman–Crippen LogP) is 3.67. The van der Waals surface area contributed by atoms with Gasteiger partial charge in [0.2, 0.25) is 0 Å². The fraction of sp³-hybridized carbons (Fsp3) is 0.706. The molecule has 4 fully saturated rings. The van der Waals surface area contributed by atoms with Gasteiger partial charge in [0.1, 0.15) is 5.69 Å². The Balaban J connectivity index is 1.79. The molecule has 0 aromatic carbocycles. The molecule has 1 aromatic heterocycles. The quantitative estimate of drug-likeness (QED) is 0.913. The van der Waals surface area contributed by atoms with Gasteiger partial charge in [0, 0.05) is 17.7 Å². The number of hydrogen-bond donors (Lipinski definition) is 1. The van der Waals surface area contributed by atoms with Gasteiger partial charge in [-0.3, -0.25) is 0 Å². The van der Waals surface area contributed by atoms with E-state index in [1.807, 2.05) is 6.07 Å². The molecule has 3 heteroatoms. The van der Waals surface area contributed by atoms with Crippen molar-refractivity contribution < 1.29 is 9.90 Å². The van der Waals surface area contributed by atoms with Gasteiger partial charge < -0.3 is 9.67 Å². The van der Waals surface area contributed by atoms with E-state index in [0.29, 0.717) is 11.1 Å². The summed E-state index contributed by atoms with van der Waals surface area (Å²) in [6, 6.07) is 3.93. The number of aromatic nitrogens is 1. The van der Waals surface area contributed by atoms with Crippen molar-refractivity contribution in [3.05, 3.63) is 23.5 Å². The molecule has 0 spiro atoms. The van der Waals surface area contributed by atoms with Crippen LogP contribution in [0.3, 0.4) is 0 Å². The van der Waals surface area contributed by atoms with Gasteiger partial charge in [-0.2, -0.15) is 0 Å². The number of rotatable bonds is 3. The molecule has 1 aromatic rings. The summed E-state index contributed by atoms with van der Waals surface area (Å²) in [5.74, 6) is 1.90. The Kier molecular flexibility index (Phi) is 2.57. The third kappa shape index (κ3) is 1.61. The molecule has 1 N–H and O–H groups in total. The fourth-order valence-corrected chi connectivity index (χ4v) is 5.88. The van der Waals surface area contributed by atoms with Gasteiger partial charge in [0.05, 0.1) is 0 Å². The summed E-state index contributed by atoms with van der Waals surface area (Å²) >= 11 is 0. The zero-order valence-electron chi connectivity index (χ0n) is 12.1. The van der Waals surface area contributed by atoms with Gasteiger partial charge >= 0.3 is 5.97 Å². The van der Waals surface area contributed by atoms with E-state index >= 15 is 0 Å². The molecule has 5 rings (SSSR count). The van der Waals surface area contributed by atoms with Gasteiger partial charge in [0.15, 0.2) is 0 Å². The van der Waals surface area contributed by atoms with Gasteiger partial charge in [-0.1, -0.05) is 0 Å². The zero-order valence-corrected chi connectivity index (χ0v) is 12.1. The highest BCUT2D eigenvalue weighted by molar-refractivity contribution is 5.86. The minimum absolute atomic E-state index is 0.290. The van der Waals surface area contributed by atoms with Crippen molar-refractivity contribution in [1.82, 2.24) is 4.57 Å². The molecule has 0 radical (unpaired) electrons. The Labute approximate surface area is 120 Å². The Bertz CT molecular complexity index is 522. The second-order valence-electron chi connectivity index (χ2n) is 7.35. The van der Waals surface area contributed by atoms with Crippen LogP contribution in [0.15, 0.2) is 12.1 Å². The second-order valence-corrected chi connectivity index (χ2v) is 7.35. The number of nitrogens with zero attached hydrogens (tertiary/aromatic N) is 1. The topological polar surface area (TPSA) is 42.2 Å². The van der Waals surface area contributed by atoms with Crippen molar-refractivity contribution in [1.29, 1.82) is 0 Å². The maximum absolute atomic E-state index is 11.4. The third-order valence-corrected chi connectivity index (χ3v) is 6.10. The number of hydrogen-bond acceptors (Lipinski definition) is 1. The first-order chi connectivity index (χ1) is 9.61. The summed E-state index contributed by atoms with van der Waals surface area (Å²) in [5, 5.41) is 9.37. The lowest BCUT2D eigenvalue weighted by Crippen LogP contribution is -2.49. The van der Waals surface area contributed by atoms with E-state index in [1.165, 1.54) is 44.2 Å². The minimum Gasteiger partial charge on any atom is -0.477 e. The van der Waals surface area contributed by atoms with Crippen LogP contribution in [0.1, 0.15) is 61.6 Å². The zero-order chi connectivity index (χ0) is 13.9. The van der Waals surface area contributed by atoms with E-state index in [0.717, 1.165) is 24.3 Å². The number of carboxylic acid groups (broad SMARTS) is 1. The average molecular weight is 273 g/mol. The normalized spacial score (nSPS) is 38.4. The van der Waals surface area contributed by atoms with Crippen molar-refractivity contribution >= 4 is 5.97 Å². The summed E-state index contributed by atoms with van der Waals surface area (Å²) in [7, 11) is 0. The summed E-state index contributed by atoms with van der Waals surface area (Å²) < 4.78 is 2.06. The molecule has 0 aliphatic heterocycles. The standard InChI is InChI=1S/C17H23NO2/c1-2-18-14(16(19)20)3-4-15(18)17-8-11-5-12(9-17)7-13(6-11)10-17/h3-4,11-13H,2,5-10H2,1H3,(H,19,20). The Morgan fingerprint density at radius 3 is 2.20 bits per heavy atom. The first kappa shape index (κ1) is 12.5. The first-order valence-electron chi connectivity index (χ1n) is 8.04. The molecular formula is C17H23NO2. The maximum Gasteiger partial charge on any atom is 0.352 e. The molecule has 0 atom stereocenters. The molecule has 4 aliphatic rings. The number of aromatic carboxylic acids is 1. The smallest absolute Gasteiger partial charge is 0.352 e. The van der Waals surface area contributed by atoms with E-state index in [1.54, 1.807) is 0 Å². The highest BCUT2D eigenvalue weighted by atomic mass is 16.4. The predicted molar refractivity (Wildman–Crippen MR) is 76.9 cm³/mol. The fourth-order valence-electron chi connectivity index (χ4n) is 5.88. The molecule has 4 saturated carbocycles. The van der Waals surface area contributed by atoms with Crippen LogP contribution in [0.4, 0.5) is 0 Å². The number of carbonyl (C=O) groups is 1. The first-order valence-corrected chi connectivity index (χ1v) is 8.04. The minimum atomic E-state index is -0.789. The molecular weight excluding hydrogens is 250 g/mol. The molecule has 3 nitrogen and oxygen atoms in total. The molecule has 4 bridgehead atoms. The van der Waals surface area contributed by atoms with Crippen LogP contribution in [-0.2, 0) is 12.0 Å². The monoisotopic (exact) mass is 273 g/mol. The molecule has 1 heterocycles. The van der Waals surface area contributed by atoms with Gasteiger partial charge in [-0.15, -0.1) is 0 Å². The van der Waals surface area contributed by atoms with E-state index in [4.69, 9.17) is 0 Å². The third-order valence-electron chi connectivity index (χ3n) is 6.10. The highest BCUT2D eigenvalue weighted by Gasteiger charge is 2.52. The van der Waals surface area contributed by atoms with Gasteiger partial charge in [0.25, 0.3) is 0 Å². The summed E-state index contributed by atoms with van der Waals surface area (Å²) in [6.45, 7) is 2.84. The Hall–Kier alpha value is -1.25. The van der Waals surface area contributed by atoms with Crippen molar-refractivity contribution in [3.8, 4) is 0 Å². The lowest BCUT2D eigenvalue weighted by molar-refractivity contribution is -0.00884. The van der Waals surface area contributed by atoms with Crippen molar-refractivity contribution in [2.75, 3.05) is 0 Å². The Morgan fingerprint density at radius 2 is 1.75 bits per heavy atom. The molecule has 4 aliphatic carbocycles. The summed E-state index contributed by atoms with van der Waals surface area (Å²) in [6.07, 6.45) is 8.17. The van der Waals surface area contributed by atoms with E-state index in [9.17, 15) is 9.90 Å². The van der Waals surface area contributed by atoms with Crippen LogP contribution in [0.25, 0.3) is 0 Å². The van der Waals surface area contributed by atoms with Crippen molar-refractivity contribution in [3.63, 3.8) is 0 Å². The lowest BCUT2D eigenvalue weighted by Gasteiger charge is -2.57. The molecule has 108 valence electrons. The molecule has 20 heavy (non-hydrogen) atoms. The Morgan fingerprint density at radius 1 is 1.20 bits per heavy atom. The lowest BCUT2D eigenvalue weighted by atomic mass is 9.49.